The fourth-order valence-corrected chi connectivity index (χ4v) is 3.92. The lowest BCUT2D eigenvalue weighted by Gasteiger charge is -2.39. The summed E-state index contributed by atoms with van der Waals surface area (Å²) in [7, 11) is 1.65. The van der Waals surface area contributed by atoms with Gasteiger partial charge in [0.05, 0.1) is 19.9 Å². The number of likely N-dealkylation sites (tertiary alicyclic amines) is 1. The zero-order valence-electron chi connectivity index (χ0n) is 15.3. The Hall–Kier alpha value is -2.82. The minimum absolute atomic E-state index is 0.143. The highest BCUT2D eigenvalue weighted by Crippen LogP contribution is 2.41. The monoisotopic (exact) mass is 367 g/mol. The first-order chi connectivity index (χ1) is 13.1. The van der Waals surface area contributed by atoms with Crippen molar-refractivity contribution in [2.24, 2.45) is 0 Å². The molecule has 1 fully saturated rings. The Morgan fingerprint density at radius 2 is 2.04 bits per heavy atom. The van der Waals surface area contributed by atoms with Crippen LogP contribution in [0.2, 0.25) is 0 Å². The minimum atomic E-state index is -0.395. The molecule has 1 unspecified atom stereocenters. The molecular formula is C22H22FNO3. The van der Waals surface area contributed by atoms with Gasteiger partial charge < -0.3 is 14.4 Å². The number of hydrogen-bond donors (Lipinski definition) is 0. The van der Waals surface area contributed by atoms with Gasteiger partial charge >= 0.3 is 0 Å². The fourth-order valence-electron chi connectivity index (χ4n) is 3.92. The molecule has 0 aromatic heterocycles. The van der Waals surface area contributed by atoms with Gasteiger partial charge in [0.25, 0.3) is 5.91 Å². The number of piperidine rings is 1. The molecule has 4 rings (SSSR count). The number of carbonyl (C=O) groups excluding carboxylic acids is 1. The molecule has 2 aromatic rings. The summed E-state index contributed by atoms with van der Waals surface area (Å²) in [5.74, 6) is 0.278. The molecule has 2 aliphatic heterocycles. The molecule has 1 spiro atoms. The van der Waals surface area contributed by atoms with E-state index in [1.54, 1.807) is 24.1 Å². The van der Waals surface area contributed by atoms with Gasteiger partial charge in [0.2, 0.25) is 0 Å². The third kappa shape index (κ3) is 3.54. The van der Waals surface area contributed by atoms with Crippen molar-refractivity contribution in [3.8, 4) is 5.75 Å². The second-order valence-corrected chi connectivity index (χ2v) is 7.19. The highest BCUT2D eigenvalue weighted by atomic mass is 19.1. The summed E-state index contributed by atoms with van der Waals surface area (Å²) in [5, 5.41) is 0. The topological polar surface area (TPSA) is 38.8 Å². The number of nitrogens with zero attached hydrogens (tertiary/aromatic N) is 1. The number of ether oxygens (including phenoxy) is 2. The summed E-state index contributed by atoms with van der Waals surface area (Å²) in [6.07, 6.45) is 4.34. The molecule has 1 saturated heterocycles. The van der Waals surface area contributed by atoms with Crippen molar-refractivity contribution in [3.63, 3.8) is 0 Å². The first-order valence-corrected chi connectivity index (χ1v) is 9.15. The average molecular weight is 367 g/mol. The van der Waals surface area contributed by atoms with Crippen LogP contribution in [0.4, 0.5) is 4.39 Å². The normalized spacial score (nSPS) is 21.7. The van der Waals surface area contributed by atoms with Crippen LogP contribution < -0.4 is 4.74 Å². The SMILES string of the molecule is COc1ccc(C2=COC3(CCCN(C(=O)c4cccc(F)c4)C3)C2)cc1. The van der Waals surface area contributed by atoms with E-state index in [1.807, 2.05) is 30.5 Å². The van der Waals surface area contributed by atoms with Crippen molar-refractivity contribution in [1.82, 2.24) is 4.90 Å². The first kappa shape index (κ1) is 17.6. The highest BCUT2D eigenvalue weighted by molar-refractivity contribution is 5.94. The maximum atomic E-state index is 13.5. The van der Waals surface area contributed by atoms with E-state index in [1.165, 1.54) is 12.1 Å². The van der Waals surface area contributed by atoms with Crippen molar-refractivity contribution in [2.45, 2.75) is 24.9 Å². The molecule has 1 atom stereocenters. The van der Waals surface area contributed by atoms with E-state index in [9.17, 15) is 9.18 Å². The number of hydrogen-bond acceptors (Lipinski definition) is 3. The molecule has 140 valence electrons. The molecule has 0 bridgehead atoms. The van der Waals surface area contributed by atoms with Crippen molar-refractivity contribution < 1.29 is 18.7 Å². The Kier molecular flexibility index (Phi) is 4.60. The first-order valence-electron chi connectivity index (χ1n) is 9.15. The van der Waals surface area contributed by atoms with E-state index >= 15 is 0 Å². The van der Waals surface area contributed by atoms with E-state index in [0.29, 0.717) is 18.7 Å². The maximum Gasteiger partial charge on any atom is 0.254 e. The van der Waals surface area contributed by atoms with Gasteiger partial charge in [0.15, 0.2) is 0 Å². The van der Waals surface area contributed by atoms with Gasteiger partial charge in [0, 0.05) is 18.5 Å². The lowest BCUT2D eigenvalue weighted by molar-refractivity contribution is -0.0190. The summed E-state index contributed by atoms with van der Waals surface area (Å²) >= 11 is 0. The lowest BCUT2D eigenvalue weighted by Crippen LogP contribution is -2.50. The molecule has 2 heterocycles. The summed E-state index contributed by atoms with van der Waals surface area (Å²) < 4.78 is 24.8. The van der Waals surface area contributed by atoms with Gasteiger partial charge in [-0.2, -0.15) is 0 Å². The molecule has 5 heteroatoms. The smallest absolute Gasteiger partial charge is 0.254 e. The Balaban J connectivity index is 1.47. The van der Waals surface area contributed by atoms with Crippen molar-refractivity contribution in [1.29, 1.82) is 0 Å². The van der Waals surface area contributed by atoms with Crippen LogP contribution in [-0.2, 0) is 4.74 Å². The number of halogens is 1. The standard InChI is InChI=1S/C22H22FNO3/c1-26-20-8-6-16(7-9-20)18-13-22(27-14-18)10-3-11-24(15-22)21(25)17-4-2-5-19(23)12-17/h2,4-9,12,14H,3,10-11,13,15H2,1H3. The zero-order valence-corrected chi connectivity index (χ0v) is 15.3. The molecule has 1 amide bonds. The van der Waals surface area contributed by atoms with Crippen molar-refractivity contribution in [2.75, 3.05) is 20.2 Å². The van der Waals surface area contributed by atoms with Gasteiger partial charge in [-0.05, 0) is 54.3 Å². The van der Waals surface area contributed by atoms with E-state index in [0.717, 1.165) is 36.1 Å². The Bertz CT molecular complexity index is 877. The maximum absolute atomic E-state index is 13.5. The molecule has 0 radical (unpaired) electrons. The van der Waals surface area contributed by atoms with Crippen LogP contribution in [0.3, 0.4) is 0 Å². The third-order valence-corrected chi connectivity index (χ3v) is 5.32. The van der Waals surface area contributed by atoms with Gasteiger partial charge in [0.1, 0.15) is 17.2 Å². The average Bonchev–Trinajstić information content (AvgIpc) is 3.10. The summed E-state index contributed by atoms with van der Waals surface area (Å²) in [5.41, 5.74) is 2.21. The molecule has 0 N–H and O–H groups in total. The zero-order chi connectivity index (χ0) is 18.9. The van der Waals surface area contributed by atoms with E-state index < -0.39 is 11.4 Å². The van der Waals surface area contributed by atoms with Gasteiger partial charge in [-0.3, -0.25) is 4.79 Å². The van der Waals surface area contributed by atoms with E-state index in [-0.39, 0.29) is 5.91 Å². The van der Waals surface area contributed by atoms with Crippen molar-refractivity contribution >= 4 is 11.5 Å². The highest BCUT2D eigenvalue weighted by Gasteiger charge is 2.42. The summed E-state index contributed by atoms with van der Waals surface area (Å²) in [4.78, 5) is 14.6. The molecule has 0 aliphatic carbocycles. The van der Waals surface area contributed by atoms with Gasteiger partial charge in [-0.25, -0.2) is 4.39 Å². The Morgan fingerprint density at radius 3 is 2.78 bits per heavy atom. The number of carbonyl (C=O) groups is 1. The number of benzene rings is 2. The van der Waals surface area contributed by atoms with Crippen LogP contribution in [-0.4, -0.2) is 36.6 Å². The predicted molar refractivity (Wildman–Crippen MR) is 101 cm³/mol. The van der Waals surface area contributed by atoms with Crippen LogP contribution in [0.15, 0.2) is 54.8 Å². The molecule has 27 heavy (non-hydrogen) atoms. The van der Waals surface area contributed by atoms with Crippen LogP contribution in [0.25, 0.3) is 5.57 Å². The number of rotatable bonds is 3. The summed E-state index contributed by atoms with van der Waals surface area (Å²) in [6, 6.07) is 13.8. The van der Waals surface area contributed by atoms with Crippen LogP contribution in [0.1, 0.15) is 35.2 Å². The van der Waals surface area contributed by atoms with Crippen molar-refractivity contribution in [3.05, 3.63) is 71.7 Å². The molecule has 0 saturated carbocycles. The Labute approximate surface area is 158 Å². The predicted octanol–water partition coefficient (Wildman–Crippen LogP) is 4.27. The fraction of sp³-hybridized carbons (Fsp3) is 0.318. The van der Waals surface area contributed by atoms with Gasteiger partial charge in [-0.15, -0.1) is 0 Å². The molecule has 2 aromatic carbocycles. The summed E-state index contributed by atoms with van der Waals surface area (Å²) in [6.45, 7) is 1.18. The second kappa shape index (κ2) is 7.06. The molecular weight excluding hydrogens is 345 g/mol. The number of methoxy groups -OCH3 is 1. The van der Waals surface area contributed by atoms with Crippen LogP contribution in [0, 0.1) is 5.82 Å². The lowest BCUT2D eigenvalue weighted by atomic mass is 9.86. The van der Waals surface area contributed by atoms with Crippen LogP contribution in [0.5, 0.6) is 5.75 Å². The third-order valence-electron chi connectivity index (χ3n) is 5.32. The largest absolute Gasteiger partial charge is 0.497 e. The molecule has 4 nitrogen and oxygen atoms in total. The number of amides is 1. The minimum Gasteiger partial charge on any atom is -0.497 e. The Morgan fingerprint density at radius 1 is 1.22 bits per heavy atom. The van der Waals surface area contributed by atoms with E-state index in [4.69, 9.17) is 9.47 Å². The van der Waals surface area contributed by atoms with E-state index in [2.05, 4.69) is 0 Å². The second-order valence-electron chi connectivity index (χ2n) is 7.19. The molecule has 2 aliphatic rings. The quantitative estimate of drug-likeness (QED) is 0.813. The van der Waals surface area contributed by atoms with Crippen LogP contribution >= 0.6 is 0 Å². The van der Waals surface area contributed by atoms with Gasteiger partial charge in [-0.1, -0.05) is 18.2 Å².